The molecule has 2 rings (SSSR count). The lowest BCUT2D eigenvalue weighted by Gasteiger charge is -2.28. The van der Waals surface area contributed by atoms with E-state index >= 15 is 0 Å². The van der Waals surface area contributed by atoms with Gasteiger partial charge in [0, 0.05) is 0 Å². The molecule has 2 N–H and O–H groups in total. The van der Waals surface area contributed by atoms with E-state index in [9.17, 15) is 10.2 Å². The molecule has 0 fully saturated rings. The monoisotopic (exact) mass is 316 g/mol. The van der Waals surface area contributed by atoms with Gasteiger partial charge < -0.3 is 19.7 Å². The largest absolute Gasteiger partial charge is 0.394 e. The summed E-state index contributed by atoms with van der Waals surface area (Å²) in [4.78, 5) is 0. The predicted molar refractivity (Wildman–Crippen MR) is 88.8 cm³/mol. The number of hydrogen-bond donors (Lipinski definition) is 2. The molecule has 0 aliphatic heterocycles. The Hall–Kier alpha value is -1.72. The van der Waals surface area contributed by atoms with Crippen LogP contribution >= 0.6 is 0 Å². The van der Waals surface area contributed by atoms with Crippen LogP contribution in [0.25, 0.3) is 0 Å². The van der Waals surface area contributed by atoms with E-state index in [0.29, 0.717) is 13.2 Å². The van der Waals surface area contributed by atoms with Gasteiger partial charge in [0.1, 0.15) is 12.2 Å². The lowest BCUT2D eigenvalue weighted by atomic mass is 10.1. The highest BCUT2D eigenvalue weighted by Crippen LogP contribution is 2.14. The van der Waals surface area contributed by atoms with Crippen LogP contribution in [0.1, 0.15) is 18.1 Å². The lowest BCUT2D eigenvalue weighted by molar-refractivity contribution is -0.135. The Labute approximate surface area is 137 Å². The summed E-state index contributed by atoms with van der Waals surface area (Å²) in [5, 5.41) is 19.3. The first-order valence-corrected chi connectivity index (χ1v) is 7.80. The molecule has 3 atom stereocenters. The molecule has 0 aliphatic rings. The zero-order valence-electron chi connectivity index (χ0n) is 13.3. The van der Waals surface area contributed by atoms with Gasteiger partial charge in [-0.25, -0.2) is 0 Å². The van der Waals surface area contributed by atoms with Gasteiger partial charge in [0.2, 0.25) is 0 Å². The van der Waals surface area contributed by atoms with Crippen molar-refractivity contribution in [3.8, 4) is 0 Å². The van der Waals surface area contributed by atoms with E-state index in [1.165, 1.54) is 0 Å². The maximum absolute atomic E-state index is 10.0. The molecule has 0 aromatic heterocycles. The summed E-state index contributed by atoms with van der Waals surface area (Å²) in [6.45, 7) is 2.28. The average molecular weight is 316 g/mol. The minimum atomic E-state index is -0.982. The zero-order chi connectivity index (χ0) is 16.5. The van der Waals surface area contributed by atoms with Crippen molar-refractivity contribution in [3.05, 3.63) is 71.8 Å². The van der Waals surface area contributed by atoms with E-state index < -0.39 is 12.2 Å². The second-order valence-electron chi connectivity index (χ2n) is 5.51. The highest BCUT2D eigenvalue weighted by molar-refractivity contribution is 5.14. The SMILES string of the molecule is C[C@H](OCc1ccccc1)[C@H](OCc1ccccc1)[C@H](O)CO. The topological polar surface area (TPSA) is 58.9 Å². The van der Waals surface area contributed by atoms with Gasteiger partial charge >= 0.3 is 0 Å². The van der Waals surface area contributed by atoms with Gasteiger partial charge in [-0.05, 0) is 18.1 Å². The zero-order valence-corrected chi connectivity index (χ0v) is 13.3. The van der Waals surface area contributed by atoms with Gasteiger partial charge in [0.25, 0.3) is 0 Å². The molecule has 0 bridgehead atoms. The average Bonchev–Trinajstić information content (AvgIpc) is 2.61. The minimum absolute atomic E-state index is 0.346. The molecule has 0 spiro atoms. The van der Waals surface area contributed by atoms with Crippen LogP contribution in [-0.2, 0) is 22.7 Å². The Morgan fingerprint density at radius 2 is 1.30 bits per heavy atom. The summed E-state index contributed by atoms with van der Waals surface area (Å²) in [5.74, 6) is 0. The van der Waals surface area contributed by atoms with E-state index in [0.717, 1.165) is 11.1 Å². The first-order valence-electron chi connectivity index (χ1n) is 7.80. The fourth-order valence-electron chi connectivity index (χ4n) is 2.33. The third-order valence-electron chi connectivity index (χ3n) is 3.67. The molecule has 0 saturated heterocycles. The fraction of sp³-hybridized carbons (Fsp3) is 0.368. The number of aliphatic hydroxyl groups is 2. The molecule has 0 aliphatic carbocycles. The van der Waals surface area contributed by atoms with E-state index in [1.807, 2.05) is 67.6 Å². The van der Waals surface area contributed by atoms with E-state index in [4.69, 9.17) is 9.47 Å². The lowest BCUT2D eigenvalue weighted by Crippen LogP contribution is -2.41. The predicted octanol–water partition coefficient (Wildman–Crippen LogP) is 2.53. The molecular weight excluding hydrogens is 292 g/mol. The van der Waals surface area contributed by atoms with Crippen molar-refractivity contribution in [2.24, 2.45) is 0 Å². The molecule has 0 heterocycles. The van der Waals surface area contributed by atoms with Crippen LogP contribution in [0.15, 0.2) is 60.7 Å². The van der Waals surface area contributed by atoms with Gasteiger partial charge in [-0.2, -0.15) is 0 Å². The standard InChI is InChI=1S/C19H24O4/c1-15(22-13-16-8-4-2-5-9-16)19(18(21)12-20)23-14-17-10-6-3-7-11-17/h2-11,15,18-21H,12-14H2,1H3/t15-,18+,19-/m0/s1. The maximum atomic E-state index is 10.0. The first kappa shape index (κ1) is 17.6. The van der Waals surface area contributed by atoms with E-state index in [2.05, 4.69) is 0 Å². The number of hydrogen-bond acceptors (Lipinski definition) is 4. The van der Waals surface area contributed by atoms with Gasteiger partial charge in [-0.15, -0.1) is 0 Å². The van der Waals surface area contributed by atoms with Crippen molar-refractivity contribution in [1.29, 1.82) is 0 Å². The van der Waals surface area contributed by atoms with Crippen LogP contribution in [0.2, 0.25) is 0 Å². The van der Waals surface area contributed by atoms with Gasteiger partial charge in [-0.3, -0.25) is 0 Å². The Balaban J connectivity index is 1.91. The highest BCUT2D eigenvalue weighted by Gasteiger charge is 2.26. The minimum Gasteiger partial charge on any atom is -0.394 e. The van der Waals surface area contributed by atoms with Crippen LogP contribution in [0.3, 0.4) is 0 Å². The molecule has 4 nitrogen and oxygen atoms in total. The van der Waals surface area contributed by atoms with Crippen LogP contribution in [-0.4, -0.2) is 35.1 Å². The van der Waals surface area contributed by atoms with Crippen molar-refractivity contribution >= 4 is 0 Å². The Morgan fingerprint density at radius 1 is 0.826 bits per heavy atom. The second-order valence-corrected chi connectivity index (χ2v) is 5.51. The number of rotatable bonds is 9. The van der Waals surface area contributed by atoms with Gasteiger partial charge in [0.05, 0.1) is 25.9 Å². The molecule has 0 saturated carbocycles. The highest BCUT2D eigenvalue weighted by atomic mass is 16.5. The molecule has 124 valence electrons. The van der Waals surface area contributed by atoms with Crippen LogP contribution < -0.4 is 0 Å². The van der Waals surface area contributed by atoms with Crippen molar-refractivity contribution in [3.63, 3.8) is 0 Å². The first-order chi connectivity index (χ1) is 11.2. The van der Waals surface area contributed by atoms with Crippen LogP contribution in [0.5, 0.6) is 0 Å². The quantitative estimate of drug-likeness (QED) is 0.746. The summed E-state index contributed by atoms with van der Waals surface area (Å²) in [6.07, 6.45) is -1.92. The summed E-state index contributed by atoms with van der Waals surface area (Å²) >= 11 is 0. The molecule has 0 unspecified atom stereocenters. The summed E-state index contributed by atoms with van der Waals surface area (Å²) in [5.41, 5.74) is 2.07. The number of benzene rings is 2. The number of aliphatic hydroxyl groups excluding tert-OH is 2. The molecular formula is C19H24O4. The molecule has 2 aromatic rings. The summed E-state index contributed by atoms with van der Waals surface area (Å²) in [7, 11) is 0. The van der Waals surface area contributed by atoms with Gasteiger partial charge in [0.15, 0.2) is 0 Å². The van der Waals surface area contributed by atoms with Crippen LogP contribution in [0, 0.1) is 0 Å². The van der Waals surface area contributed by atoms with Crippen molar-refractivity contribution in [2.45, 2.75) is 38.4 Å². The number of ether oxygens (including phenoxy) is 2. The Kier molecular flexibility index (Phi) is 7.23. The second kappa shape index (κ2) is 9.43. The summed E-state index contributed by atoms with van der Waals surface area (Å²) < 4.78 is 11.6. The normalized spacial score (nSPS) is 15.1. The molecule has 23 heavy (non-hydrogen) atoms. The third-order valence-corrected chi connectivity index (χ3v) is 3.67. The van der Waals surface area contributed by atoms with Crippen LogP contribution in [0.4, 0.5) is 0 Å². The smallest absolute Gasteiger partial charge is 0.112 e. The van der Waals surface area contributed by atoms with Crippen molar-refractivity contribution in [2.75, 3.05) is 6.61 Å². The van der Waals surface area contributed by atoms with Crippen molar-refractivity contribution in [1.82, 2.24) is 0 Å². The third kappa shape index (κ3) is 5.77. The molecule has 0 radical (unpaired) electrons. The fourth-order valence-corrected chi connectivity index (χ4v) is 2.33. The van der Waals surface area contributed by atoms with E-state index in [-0.39, 0.29) is 12.7 Å². The van der Waals surface area contributed by atoms with Gasteiger partial charge in [-0.1, -0.05) is 60.7 Å². The molecule has 2 aromatic carbocycles. The summed E-state index contributed by atoms with van der Waals surface area (Å²) in [6, 6.07) is 19.5. The Bertz CT molecular complexity index is 544. The van der Waals surface area contributed by atoms with E-state index in [1.54, 1.807) is 0 Å². The van der Waals surface area contributed by atoms with Crippen molar-refractivity contribution < 1.29 is 19.7 Å². The molecule has 4 heteroatoms. The Morgan fingerprint density at radius 3 is 1.78 bits per heavy atom. The molecule has 0 amide bonds. The maximum Gasteiger partial charge on any atom is 0.112 e.